The van der Waals surface area contributed by atoms with Crippen LogP contribution < -0.4 is 4.90 Å². The summed E-state index contributed by atoms with van der Waals surface area (Å²) < 4.78 is 13.0. The zero-order valence-corrected chi connectivity index (χ0v) is 15.0. The van der Waals surface area contributed by atoms with Crippen molar-refractivity contribution in [3.05, 3.63) is 52.0 Å². The van der Waals surface area contributed by atoms with Crippen molar-refractivity contribution >= 4 is 22.9 Å². The third kappa shape index (κ3) is 3.70. The minimum atomic E-state index is -0.215. The molecule has 0 saturated carbocycles. The fourth-order valence-corrected chi connectivity index (χ4v) is 4.49. The second kappa shape index (κ2) is 7.14. The van der Waals surface area contributed by atoms with Crippen LogP contribution in [0.1, 0.15) is 10.4 Å². The number of carbonyl (C=O) groups is 1. The minimum absolute atomic E-state index is 0.215. The van der Waals surface area contributed by atoms with Gasteiger partial charge in [0, 0.05) is 49.8 Å². The smallest absolute Gasteiger partial charge is 0.236 e. The maximum Gasteiger partial charge on any atom is 0.236 e. The summed E-state index contributed by atoms with van der Waals surface area (Å²) in [6.45, 7) is 5.42. The van der Waals surface area contributed by atoms with Gasteiger partial charge in [0.2, 0.25) is 5.91 Å². The van der Waals surface area contributed by atoms with E-state index in [0.717, 1.165) is 51.4 Å². The molecule has 1 aromatic heterocycles. The predicted molar refractivity (Wildman–Crippen MR) is 98.5 cm³/mol. The van der Waals surface area contributed by atoms with Crippen LogP contribution in [0.15, 0.2) is 35.7 Å². The van der Waals surface area contributed by atoms with Gasteiger partial charge in [0.05, 0.1) is 6.54 Å². The normalized spacial score (nSPS) is 18.3. The maximum atomic E-state index is 13.0. The van der Waals surface area contributed by atoms with Gasteiger partial charge in [-0.3, -0.25) is 9.69 Å². The molecule has 0 bridgehead atoms. The summed E-state index contributed by atoms with van der Waals surface area (Å²) in [7, 11) is 0. The van der Waals surface area contributed by atoms with Gasteiger partial charge < -0.3 is 9.80 Å². The standard InChI is InChI=1S/C19H22FN3OS/c20-16-1-3-17(4-2-16)22-8-10-23(11-9-22)19(24)14-21-7-5-18-15(13-21)6-12-25-18/h1-4,6,12H,5,7-11,13-14H2. The van der Waals surface area contributed by atoms with Crippen molar-refractivity contribution in [2.75, 3.05) is 44.2 Å². The van der Waals surface area contributed by atoms with Crippen LogP contribution >= 0.6 is 11.3 Å². The number of halogens is 1. The number of hydrogen-bond acceptors (Lipinski definition) is 4. The molecule has 4 nitrogen and oxygen atoms in total. The first-order valence-corrected chi connectivity index (χ1v) is 9.63. The zero-order chi connectivity index (χ0) is 17.2. The van der Waals surface area contributed by atoms with Crippen LogP contribution in [0.3, 0.4) is 0 Å². The molecular formula is C19H22FN3OS. The molecule has 6 heteroatoms. The summed E-state index contributed by atoms with van der Waals surface area (Å²) >= 11 is 1.82. The second-order valence-electron chi connectivity index (χ2n) is 6.67. The van der Waals surface area contributed by atoms with Crippen LogP contribution in [0.4, 0.5) is 10.1 Å². The third-order valence-corrected chi connectivity index (χ3v) is 6.09. The van der Waals surface area contributed by atoms with Gasteiger partial charge in [-0.15, -0.1) is 11.3 Å². The van der Waals surface area contributed by atoms with E-state index < -0.39 is 0 Å². The lowest BCUT2D eigenvalue weighted by molar-refractivity contribution is -0.132. The van der Waals surface area contributed by atoms with Gasteiger partial charge in [0.1, 0.15) is 5.82 Å². The molecule has 0 radical (unpaired) electrons. The number of anilines is 1. The van der Waals surface area contributed by atoms with Crippen LogP contribution in [0.25, 0.3) is 0 Å². The highest BCUT2D eigenvalue weighted by molar-refractivity contribution is 7.10. The van der Waals surface area contributed by atoms with E-state index in [0.29, 0.717) is 6.54 Å². The van der Waals surface area contributed by atoms with Gasteiger partial charge in [-0.2, -0.15) is 0 Å². The third-order valence-electron chi connectivity index (χ3n) is 5.07. The first-order chi connectivity index (χ1) is 12.2. The molecule has 25 heavy (non-hydrogen) atoms. The van der Waals surface area contributed by atoms with E-state index in [1.807, 2.05) is 16.2 Å². The second-order valence-corrected chi connectivity index (χ2v) is 7.67. The van der Waals surface area contributed by atoms with Crippen molar-refractivity contribution in [1.82, 2.24) is 9.80 Å². The number of fused-ring (bicyclic) bond motifs is 1. The maximum absolute atomic E-state index is 13.0. The summed E-state index contributed by atoms with van der Waals surface area (Å²) in [4.78, 5) is 20.5. The van der Waals surface area contributed by atoms with Gasteiger partial charge in [-0.25, -0.2) is 4.39 Å². The Kier molecular flexibility index (Phi) is 4.72. The average Bonchev–Trinajstić information content (AvgIpc) is 3.10. The summed E-state index contributed by atoms with van der Waals surface area (Å²) in [5.41, 5.74) is 2.40. The highest BCUT2D eigenvalue weighted by Gasteiger charge is 2.25. The number of thiophene rings is 1. The van der Waals surface area contributed by atoms with Crippen molar-refractivity contribution in [3.8, 4) is 0 Å². The Balaban J connectivity index is 1.29. The number of carbonyl (C=O) groups excluding carboxylic acids is 1. The topological polar surface area (TPSA) is 26.8 Å². The van der Waals surface area contributed by atoms with Crippen LogP contribution in [-0.2, 0) is 17.8 Å². The van der Waals surface area contributed by atoms with Crippen molar-refractivity contribution in [2.24, 2.45) is 0 Å². The number of rotatable bonds is 3. The monoisotopic (exact) mass is 359 g/mol. The van der Waals surface area contributed by atoms with E-state index in [-0.39, 0.29) is 11.7 Å². The molecule has 2 aliphatic heterocycles. The SMILES string of the molecule is O=C(CN1CCc2sccc2C1)N1CCN(c2ccc(F)cc2)CC1. The minimum Gasteiger partial charge on any atom is -0.368 e. The molecule has 4 rings (SSSR count). The van der Waals surface area contributed by atoms with E-state index in [1.165, 1.54) is 22.6 Å². The predicted octanol–water partition coefficient (Wildman–Crippen LogP) is 2.59. The Morgan fingerprint density at radius 2 is 1.80 bits per heavy atom. The molecule has 0 aliphatic carbocycles. The quantitative estimate of drug-likeness (QED) is 0.843. The molecule has 2 aliphatic rings. The van der Waals surface area contributed by atoms with Crippen molar-refractivity contribution in [1.29, 1.82) is 0 Å². The molecule has 3 heterocycles. The first kappa shape index (κ1) is 16.5. The highest BCUT2D eigenvalue weighted by atomic mass is 32.1. The van der Waals surface area contributed by atoms with E-state index >= 15 is 0 Å². The van der Waals surface area contributed by atoms with Crippen LogP contribution in [0, 0.1) is 5.82 Å². The number of nitrogens with zero attached hydrogens (tertiary/aromatic N) is 3. The Labute approximate surface area is 151 Å². The van der Waals surface area contributed by atoms with Gasteiger partial charge in [-0.1, -0.05) is 0 Å². The van der Waals surface area contributed by atoms with Crippen molar-refractivity contribution in [3.63, 3.8) is 0 Å². The number of amides is 1. The molecule has 1 aromatic carbocycles. The molecule has 0 spiro atoms. The Morgan fingerprint density at radius 3 is 2.56 bits per heavy atom. The van der Waals surface area contributed by atoms with E-state index in [4.69, 9.17) is 0 Å². The lowest BCUT2D eigenvalue weighted by Crippen LogP contribution is -2.51. The Bertz CT molecular complexity index is 737. The Morgan fingerprint density at radius 1 is 1.04 bits per heavy atom. The molecule has 0 N–H and O–H groups in total. The summed E-state index contributed by atoms with van der Waals surface area (Å²) in [6.07, 6.45) is 1.05. The highest BCUT2D eigenvalue weighted by Crippen LogP contribution is 2.24. The molecule has 1 amide bonds. The fraction of sp³-hybridized carbons (Fsp3) is 0.421. The fourth-order valence-electron chi connectivity index (χ4n) is 3.60. The van der Waals surface area contributed by atoms with E-state index in [1.54, 1.807) is 12.1 Å². The van der Waals surface area contributed by atoms with Gasteiger partial charge in [0.25, 0.3) is 0 Å². The van der Waals surface area contributed by atoms with Crippen LogP contribution in [0.5, 0.6) is 0 Å². The van der Waals surface area contributed by atoms with Gasteiger partial charge >= 0.3 is 0 Å². The molecular weight excluding hydrogens is 337 g/mol. The van der Waals surface area contributed by atoms with Gasteiger partial charge in [0.15, 0.2) is 0 Å². The number of benzene rings is 1. The lowest BCUT2D eigenvalue weighted by atomic mass is 10.1. The van der Waals surface area contributed by atoms with E-state index in [2.05, 4.69) is 21.2 Å². The van der Waals surface area contributed by atoms with Crippen molar-refractivity contribution < 1.29 is 9.18 Å². The molecule has 132 valence electrons. The zero-order valence-electron chi connectivity index (χ0n) is 14.2. The summed E-state index contributed by atoms with van der Waals surface area (Å²) in [6, 6.07) is 8.76. The molecule has 0 atom stereocenters. The average molecular weight is 359 g/mol. The summed E-state index contributed by atoms with van der Waals surface area (Å²) in [5, 5.41) is 2.14. The largest absolute Gasteiger partial charge is 0.368 e. The molecule has 1 saturated heterocycles. The molecule has 1 fully saturated rings. The number of hydrogen-bond donors (Lipinski definition) is 0. The van der Waals surface area contributed by atoms with Crippen LogP contribution in [-0.4, -0.2) is 55.0 Å². The molecule has 0 unspecified atom stereocenters. The molecule has 2 aromatic rings. The van der Waals surface area contributed by atoms with Gasteiger partial charge in [-0.05, 0) is 47.7 Å². The van der Waals surface area contributed by atoms with E-state index in [9.17, 15) is 9.18 Å². The first-order valence-electron chi connectivity index (χ1n) is 8.75. The number of piperazine rings is 1. The lowest BCUT2D eigenvalue weighted by Gasteiger charge is -2.37. The van der Waals surface area contributed by atoms with Crippen LogP contribution in [0.2, 0.25) is 0 Å². The van der Waals surface area contributed by atoms with Crippen molar-refractivity contribution in [2.45, 2.75) is 13.0 Å². The Hall–Kier alpha value is -1.92. The summed E-state index contributed by atoms with van der Waals surface area (Å²) in [5.74, 6) is 0.00492.